The van der Waals surface area contributed by atoms with Gasteiger partial charge < -0.3 is 9.84 Å². The van der Waals surface area contributed by atoms with Gasteiger partial charge in [0.2, 0.25) is 0 Å². The number of hydrogen-bond acceptors (Lipinski definition) is 3. The highest BCUT2D eigenvalue weighted by Gasteiger charge is 2.30. The summed E-state index contributed by atoms with van der Waals surface area (Å²) >= 11 is 0. The van der Waals surface area contributed by atoms with Gasteiger partial charge in [-0.05, 0) is 18.8 Å². The highest BCUT2D eigenvalue weighted by atomic mass is 16.5. The molecule has 0 saturated heterocycles. The van der Waals surface area contributed by atoms with Crippen LogP contribution in [-0.2, 0) is 9.53 Å². The molecule has 94 valence electrons. The molecular weight excluding hydrogens is 206 g/mol. The standard InChI is InChI=1S/C12H23NO3/c1-8(2)11(12(14)15)13-9-6-4-5-7-10(9)16-3/h8-11,13H,4-7H2,1-3H3,(H,14,15). The van der Waals surface area contributed by atoms with E-state index in [4.69, 9.17) is 9.84 Å². The van der Waals surface area contributed by atoms with E-state index in [0.717, 1.165) is 19.3 Å². The van der Waals surface area contributed by atoms with E-state index in [2.05, 4.69) is 5.32 Å². The van der Waals surface area contributed by atoms with E-state index < -0.39 is 12.0 Å². The fourth-order valence-corrected chi connectivity index (χ4v) is 2.35. The molecule has 0 spiro atoms. The molecule has 3 atom stereocenters. The molecule has 3 unspecified atom stereocenters. The van der Waals surface area contributed by atoms with Crippen molar-refractivity contribution in [1.29, 1.82) is 0 Å². The number of carbonyl (C=O) groups is 1. The van der Waals surface area contributed by atoms with Gasteiger partial charge in [-0.25, -0.2) is 0 Å². The predicted molar refractivity (Wildman–Crippen MR) is 62.5 cm³/mol. The summed E-state index contributed by atoms with van der Waals surface area (Å²) in [7, 11) is 1.70. The zero-order valence-corrected chi connectivity index (χ0v) is 10.4. The van der Waals surface area contributed by atoms with Crippen LogP contribution in [0.3, 0.4) is 0 Å². The Morgan fingerprint density at radius 1 is 1.38 bits per heavy atom. The zero-order chi connectivity index (χ0) is 12.1. The van der Waals surface area contributed by atoms with Gasteiger partial charge in [0, 0.05) is 13.2 Å². The Labute approximate surface area is 97.4 Å². The Morgan fingerprint density at radius 3 is 2.50 bits per heavy atom. The van der Waals surface area contributed by atoms with Crippen molar-refractivity contribution >= 4 is 5.97 Å². The molecule has 1 rings (SSSR count). The highest BCUT2D eigenvalue weighted by molar-refractivity contribution is 5.73. The lowest BCUT2D eigenvalue weighted by atomic mass is 9.90. The Hall–Kier alpha value is -0.610. The Bertz CT molecular complexity index is 230. The van der Waals surface area contributed by atoms with Gasteiger partial charge in [0.1, 0.15) is 6.04 Å². The second-order valence-corrected chi connectivity index (χ2v) is 4.89. The van der Waals surface area contributed by atoms with Crippen LogP contribution in [0.1, 0.15) is 39.5 Å². The van der Waals surface area contributed by atoms with Crippen molar-refractivity contribution in [3.63, 3.8) is 0 Å². The first-order chi connectivity index (χ1) is 7.56. The van der Waals surface area contributed by atoms with Gasteiger partial charge >= 0.3 is 5.97 Å². The van der Waals surface area contributed by atoms with Crippen molar-refractivity contribution in [2.75, 3.05) is 7.11 Å². The van der Waals surface area contributed by atoms with Crippen molar-refractivity contribution in [2.24, 2.45) is 5.92 Å². The minimum absolute atomic E-state index is 0.0944. The summed E-state index contributed by atoms with van der Waals surface area (Å²) < 4.78 is 5.41. The molecule has 0 aromatic rings. The summed E-state index contributed by atoms with van der Waals surface area (Å²) in [5.74, 6) is -0.674. The van der Waals surface area contributed by atoms with Crippen LogP contribution in [0, 0.1) is 5.92 Å². The van der Waals surface area contributed by atoms with Crippen molar-refractivity contribution in [3.8, 4) is 0 Å². The van der Waals surface area contributed by atoms with E-state index in [-0.39, 0.29) is 18.1 Å². The summed E-state index contributed by atoms with van der Waals surface area (Å²) in [6, 6.07) is -0.289. The van der Waals surface area contributed by atoms with E-state index in [1.165, 1.54) is 6.42 Å². The minimum atomic E-state index is -0.768. The molecule has 1 saturated carbocycles. The number of methoxy groups -OCH3 is 1. The number of nitrogens with one attached hydrogen (secondary N) is 1. The van der Waals surface area contributed by atoms with E-state index in [1.54, 1.807) is 7.11 Å². The largest absolute Gasteiger partial charge is 0.480 e. The van der Waals surface area contributed by atoms with Crippen molar-refractivity contribution in [1.82, 2.24) is 5.32 Å². The van der Waals surface area contributed by atoms with E-state index in [1.807, 2.05) is 13.8 Å². The smallest absolute Gasteiger partial charge is 0.320 e. The van der Waals surface area contributed by atoms with Crippen LogP contribution in [0.15, 0.2) is 0 Å². The molecule has 0 aliphatic heterocycles. The molecule has 4 heteroatoms. The Balaban J connectivity index is 2.58. The average Bonchev–Trinajstić information content (AvgIpc) is 2.25. The molecule has 0 bridgehead atoms. The molecule has 0 aromatic carbocycles. The van der Waals surface area contributed by atoms with Crippen molar-refractivity contribution in [3.05, 3.63) is 0 Å². The fraction of sp³-hybridized carbons (Fsp3) is 0.917. The van der Waals surface area contributed by atoms with Gasteiger partial charge in [0.15, 0.2) is 0 Å². The number of ether oxygens (including phenoxy) is 1. The molecule has 0 aromatic heterocycles. The van der Waals surface area contributed by atoms with Crippen LogP contribution >= 0.6 is 0 Å². The summed E-state index contributed by atoms with van der Waals surface area (Å²) in [6.07, 6.45) is 4.53. The second kappa shape index (κ2) is 6.21. The molecular formula is C12H23NO3. The van der Waals surface area contributed by atoms with Gasteiger partial charge in [-0.3, -0.25) is 10.1 Å². The monoisotopic (exact) mass is 229 g/mol. The van der Waals surface area contributed by atoms with Crippen molar-refractivity contribution < 1.29 is 14.6 Å². The Kier molecular flexibility index (Phi) is 5.22. The third-order valence-corrected chi connectivity index (χ3v) is 3.33. The summed E-state index contributed by atoms with van der Waals surface area (Å²) in [5, 5.41) is 12.4. The predicted octanol–water partition coefficient (Wildman–Crippen LogP) is 1.64. The third-order valence-electron chi connectivity index (χ3n) is 3.33. The van der Waals surface area contributed by atoms with E-state index in [0.29, 0.717) is 0 Å². The number of rotatable bonds is 5. The van der Waals surface area contributed by atoms with Gasteiger partial charge in [-0.2, -0.15) is 0 Å². The molecule has 0 heterocycles. The molecule has 4 nitrogen and oxygen atoms in total. The van der Waals surface area contributed by atoms with Crippen LogP contribution in [0.4, 0.5) is 0 Å². The van der Waals surface area contributed by atoms with Crippen molar-refractivity contribution in [2.45, 2.75) is 57.7 Å². The Morgan fingerprint density at radius 2 is 2.00 bits per heavy atom. The van der Waals surface area contributed by atoms with Crippen LogP contribution in [0.25, 0.3) is 0 Å². The molecule has 1 aliphatic carbocycles. The average molecular weight is 229 g/mol. The maximum atomic E-state index is 11.1. The molecule has 16 heavy (non-hydrogen) atoms. The maximum Gasteiger partial charge on any atom is 0.320 e. The van der Waals surface area contributed by atoms with Crippen LogP contribution in [0.2, 0.25) is 0 Å². The molecule has 1 fully saturated rings. The zero-order valence-electron chi connectivity index (χ0n) is 10.4. The quantitative estimate of drug-likeness (QED) is 0.752. The van der Waals surface area contributed by atoms with E-state index >= 15 is 0 Å². The van der Waals surface area contributed by atoms with Crippen LogP contribution < -0.4 is 5.32 Å². The summed E-state index contributed by atoms with van der Waals surface area (Å²) in [4.78, 5) is 11.1. The first-order valence-electron chi connectivity index (χ1n) is 6.08. The topological polar surface area (TPSA) is 58.6 Å². The second-order valence-electron chi connectivity index (χ2n) is 4.89. The number of hydrogen-bond donors (Lipinski definition) is 2. The van der Waals surface area contributed by atoms with Crippen LogP contribution in [0.5, 0.6) is 0 Å². The third kappa shape index (κ3) is 3.46. The molecule has 0 radical (unpaired) electrons. The lowest BCUT2D eigenvalue weighted by Crippen LogP contribution is -2.52. The van der Waals surface area contributed by atoms with Gasteiger partial charge in [0.25, 0.3) is 0 Å². The van der Waals surface area contributed by atoms with Gasteiger partial charge in [0.05, 0.1) is 6.10 Å². The first kappa shape index (κ1) is 13.5. The number of carboxylic acid groups (broad SMARTS) is 1. The number of aliphatic carboxylic acids is 1. The molecule has 1 aliphatic rings. The van der Waals surface area contributed by atoms with Gasteiger partial charge in [-0.15, -0.1) is 0 Å². The SMILES string of the molecule is COC1CCCCC1NC(C(=O)O)C(C)C. The normalized spacial score (nSPS) is 28.0. The maximum absolute atomic E-state index is 11.1. The van der Waals surface area contributed by atoms with Gasteiger partial charge in [-0.1, -0.05) is 26.7 Å². The molecule has 0 amide bonds. The molecule has 2 N–H and O–H groups in total. The summed E-state index contributed by atoms with van der Waals surface area (Å²) in [6.45, 7) is 3.85. The first-order valence-corrected chi connectivity index (χ1v) is 6.08. The number of carboxylic acids is 1. The lowest BCUT2D eigenvalue weighted by molar-refractivity contribution is -0.141. The van der Waals surface area contributed by atoms with Crippen LogP contribution in [-0.4, -0.2) is 36.4 Å². The minimum Gasteiger partial charge on any atom is -0.480 e. The fourth-order valence-electron chi connectivity index (χ4n) is 2.35. The summed E-state index contributed by atoms with van der Waals surface area (Å²) in [5.41, 5.74) is 0. The highest BCUT2D eigenvalue weighted by Crippen LogP contribution is 2.22. The van der Waals surface area contributed by atoms with E-state index in [9.17, 15) is 4.79 Å². The lowest BCUT2D eigenvalue weighted by Gasteiger charge is -2.34.